The Morgan fingerprint density at radius 2 is 1.61 bits per heavy atom. The van der Waals surface area contributed by atoms with Gasteiger partial charge in [0.05, 0.1) is 22.7 Å². The summed E-state index contributed by atoms with van der Waals surface area (Å²) < 4.78 is 4.50. The fourth-order valence-electron chi connectivity index (χ4n) is 5.37. The number of rotatable bonds is 7. The van der Waals surface area contributed by atoms with Crippen molar-refractivity contribution in [2.24, 2.45) is 9.94 Å². The number of nitrogens with zero attached hydrogens (tertiary/aromatic N) is 2. The molecular weight excluding hydrogens is 542 g/mol. The van der Waals surface area contributed by atoms with Crippen LogP contribution in [0.4, 0.5) is 5.69 Å². The molecule has 7 heteroatoms. The molecule has 2 aromatic carbocycles. The quantitative estimate of drug-likeness (QED) is 0.334. The van der Waals surface area contributed by atoms with Gasteiger partial charge in [0, 0.05) is 41.8 Å². The number of carbonyl (C=O) groups is 2. The minimum absolute atomic E-state index is 0.00607. The van der Waals surface area contributed by atoms with E-state index in [1.807, 2.05) is 36.4 Å². The predicted octanol–water partition coefficient (Wildman–Crippen LogP) is 7.35. The normalized spacial score (nSPS) is 19.2. The highest BCUT2D eigenvalue weighted by Gasteiger charge is 2.40. The molecule has 1 fully saturated rings. The van der Waals surface area contributed by atoms with Gasteiger partial charge in [0.25, 0.3) is 0 Å². The number of amides is 1. The number of benzene rings is 2. The summed E-state index contributed by atoms with van der Waals surface area (Å²) in [4.78, 5) is 27.3. The number of halogens is 1. The summed E-state index contributed by atoms with van der Waals surface area (Å²) in [6, 6.07) is 11.6. The van der Waals surface area contributed by atoms with Gasteiger partial charge in [-0.05, 0) is 53.0 Å². The van der Waals surface area contributed by atoms with Crippen molar-refractivity contribution in [1.29, 1.82) is 0 Å². The van der Waals surface area contributed by atoms with Gasteiger partial charge in [-0.3, -0.25) is 9.59 Å². The van der Waals surface area contributed by atoms with E-state index in [-0.39, 0.29) is 40.7 Å². The lowest BCUT2D eigenvalue weighted by Gasteiger charge is -2.28. The maximum Gasteiger partial charge on any atom is 0.221 e. The standard InChI is InChI=1S/C31H42BrN3O3/c1-9-10-21-17-35(29(34-32)27(21)20-11-13-23(14-12-20)33-19(2)36)18-26(37)22-15-24(30(3,4)5)28(38)25(16-22)31(6,7)8/h11-16,21,27,38H,9-10,17-18H2,1-8H3,(H,33,36)/t21-,27+/m0/s1. The number of aromatic hydroxyl groups is 1. The molecule has 1 saturated heterocycles. The smallest absolute Gasteiger partial charge is 0.221 e. The third kappa shape index (κ3) is 6.66. The lowest BCUT2D eigenvalue weighted by atomic mass is 9.78. The highest BCUT2D eigenvalue weighted by Crippen LogP contribution is 2.41. The van der Waals surface area contributed by atoms with Crippen LogP contribution in [-0.2, 0) is 15.6 Å². The largest absolute Gasteiger partial charge is 0.507 e. The summed E-state index contributed by atoms with van der Waals surface area (Å²) in [5, 5.41) is 13.9. The molecule has 0 bridgehead atoms. The molecule has 1 heterocycles. The lowest BCUT2D eigenvalue weighted by molar-refractivity contribution is -0.114. The molecule has 0 spiro atoms. The van der Waals surface area contributed by atoms with Gasteiger partial charge in [-0.15, -0.1) is 0 Å². The second kappa shape index (κ2) is 11.6. The van der Waals surface area contributed by atoms with Crippen LogP contribution >= 0.6 is 16.1 Å². The number of hydrogen-bond donors (Lipinski definition) is 2. The summed E-state index contributed by atoms with van der Waals surface area (Å²) in [5.41, 5.74) is 3.43. The predicted molar refractivity (Wildman–Crippen MR) is 160 cm³/mol. The minimum atomic E-state index is -0.308. The molecule has 38 heavy (non-hydrogen) atoms. The fraction of sp³-hybridized carbons (Fsp3) is 0.516. The van der Waals surface area contributed by atoms with Crippen molar-refractivity contribution in [1.82, 2.24) is 4.90 Å². The summed E-state index contributed by atoms with van der Waals surface area (Å²) in [6.45, 7) is 16.9. The van der Waals surface area contributed by atoms with E-state index >= 15 is 0 Å². The van der Waals surface area contributed by atoms with Crippen LogP contribution in [0.25, 0.3) is 0 Å². The monoisotopic (exact) mass is 583 g/mol. The van der Waals surface area contributed by atoms with E-state index in [1.54, 1.807) is 0 Å². The van der Waals surface area contributed by atoms with E-state index in [9.17, 15) is 14.7 Å². The van der Waals surface area contributed by atoms with Crippen LogP contribution in [0.2, 0.25) is 0 Å². The average molecular weight is 585 g/mol. The molecule has 6 nitrogen and oxygen atoms in total. The van der Waals surface area contributed by atoms with E-state index in [2.05, 4.69) is 78.8 Å². The zero-order valence-corrected chi connectivity index (χ0v) is 25.6. The van der Waals surface area contributed by atoms with Crippen molar-refractivity contribution in [3.63, 3.8) is 0 Å². The number of ketones is 1. The van der Waals surface area contributed by atoms with Crippen molar-refractivity contribution in [3.05, 3.63) is 58.7 Å². The maximum absolute atomic E-state index is 13.8. The van der Waals surface area contributed by atoms with Gasteiger partial charge >= 0.3 is 0 Å². The Labute approximate surface area is 236 Å². The molecule has 0 aliphatic carbocycles. The van der Waals surface area contributed by atoms with Gasteiger partial charge in [-0.2, -0.15) is 4.02 Å². The third-order valence-corrected chi connectivity index (χ3v) is 7.61. The fourth-order valence-corrected chi connectivity index (χ4v) is 5.82. The van der Waals surface area contributed by atoms with E-state index in [1.165, 1.54) is 6.92 Å². The lowest BCUT2D eigenvalue weighted by Crippen LogP contribution is -2.32. The molecule has 206 valence electrons. The van der Waals surface area contributed by atoms with Gasteiger partial charge in [0.15, 0.2) is 5.78 Å². The number of nitrogens with one attached hydrogen (secondary N) is 1. The van der Waals surface area contributed by atoms with Gasteiger partial charge < -0.3 is 15.3 Å². The van der Waals surface area contributed by atoms with Crippen molar-refractivity contribution in [2.45, 2.75) is 85.0 Å². The van der Waals surface area contributed by atoms with Crippen molar-refractivity contribution in [2.75, 3.05) is 18.4 Å². The zero-order chi connectivity index (χ0) is 28.4. The first-order chi connectivity index (χ1) is 17.7. The number of hydrogen-bond acceptors (Lipinski definition) is 4. The number of phenols is 1. The van der Waals surface area contributed by atoms with E-state index in [0.717, 1.165) is 47.6 Å². The summed E-state index contributed by atoms with van der Waals surface area (Å²) >= 11 is 3.36. The van der Waals surface area contributed by atoms with E-state index in [0.29, 0.717) is 11.5 Å². The average Bonchev–Trinajstić information content (AvgIpc) is 3.14. The zero-order valence-electron chi connectivity index (χ0n) is 24.0. The number of carbonyl (C=O) groups excluding carboxylic acids is 2. The number of likely N-dealkylation sites (tertiary alicyclic amines) is 1. The van der Waals surface area contributed by atoms with Crippen LogP contribution in [-0.4, -0.2) is 40.6 Å². The van der Waals surface area contributed by atoms with Crippen LogP contribution in [0, 0.1) is 5.92 Å². The molecular formula is C31H42BrN3O3. The Kier molecular flexibility index (Phi) is 9.12. The van der Waals surface area contributed by atoms with Crippen LogP contribution < -0.4 is 5.32 Å². The van der Waals surface area contributed by atoms with Gasteiger partial charge in [-0.25, -0.2) is 0 Å². The highest BCUT2D eigenvalue weighted by atomic mass is 79.9. The maximum atomic E-state index is 13.8. The summed E-state index contributed by atoms with van der Waals surface area (Å²) in [7, 11) is 0. The molecule has 1 aliphatic rings. The Morgan fingerprint density at radius 1 is 1.05 bits per heavy atom. The van der Waals surface area contributed by atoms with Crippen molar-refractivity contribution in [3.8, 4) is 5.75 Å². The van der Waals surface area contributed by atoms with E-state index < -0.39 is 0 Å². The van der Waals surface area contributed by atoms with Gasteiger partial charge in [-0.1, -0.05) is 67.0 Å². The molecule has 2 aromatic rings. The van der Waals surface area contributed by atoms with Crippen LogP contribution in [0.1, 0.15) is 101 Å². The number of phenolic OH excluding ortho intramolecular Hbond substituents is 1. The second-order valence-corrected chi connectivity index (χ2v) is 12.9. The second-order valence-electron chi connectivity index (χ2n) is 12.5. The van der Waals surface area contributed by atoms with Gasteiger partial charge in [0.1, 0.15) is 11.6 Å². The Hall–Kier alpha value is -2.67. The number of amidine groups is 1. The number of anilines is 1. The summed E-state index contributed by atoms with van der Waals surface area (Å²) in [6.07, 6.45) is 2.04. The first-order valence-corrected chi connectivity index (χ1v) is 14.1. The van der Waals surface area contributed by atoms with Crippen molar-refractivity contribution < 1.29 is 14.7 Å². The summed E-state index contributed by atoms with van der Waals surface area (Å²) in [5.74, 6) is 1.38. The third-order valence-electron chi connectivity index (χ3n) is 7.25. The first-order valence-electron chi connectivity index (χ1n) is 13.4. The van der Waals surface area contributed by atoms with Crippen molar-refractivity contribution >= 4 is 39.4 Å². The highest BCUT2D eigenvalue weighted by molar-refractivity contribution is 9.08. The SMILES string of the molecule is CCC[C@H]1CN(CC(=O)c2cc(C(C)(C)C)c(O)c(C(C)(C)C)c2)C(=NBr)[C@@H]1c1ccc(NC(C)=O)cc1. The molecule has 1 aliphatic heterocycles. The Morgan fingerprint density at radius 3 is 2.05 bits per heavy atom. The van der Waals surface area contributed by atoms with Crippen LogP contribution in [0.5, 0.6) is 5.75 Å². The molecule has 0 unspecified atom stereocenters. The Bertz CT molecular complexity index is 1170. The van der Waals surface area contributed by atoms with Crippen LogP contribution in [0.3, 0.4) is 0 Å². The molecule has 2 N–H and O–H groups in total. The van der Waals surface area contributed by atoms with Crippen LogP contribution in [0.15, 0.2) is 40.4 Å². The molecule has 3 rings (SSSR count). The minimum Gasteiger partial charge on any atom is -0.507 e. The van der Waals surface area contributed by atoms with Gasteiger partial charge in [0.2, 0.25) is 5.91 Å². The molecule has 0 aromatic heterocycles. The topological polar surface area (TPSA) is 82.0 Å². The molecule has 0 saturated carbocycles. The molecule has 2 atom stereocenters. The molecule has 0 radical (unpaired) electrons. The molecule has 1 amide bonds. The first kappa shape index (κ1) is 29.9. The van der Waals surface area contributed by atoms with E-state index in [4.69, 9.17) is 0 Å². The Balaban J connectivity index is 1.95. The number of Topliss-reactive ketones (excluding diaryl/α,β-unsaturated/α-hetero) is 1.